The van der Waals surface area contributed by atoms with Gasteiger partial charge in [0, 0.05) is 0 Å². The van der Waals surface area contributed by atoms with Crippen LogP contribution in [0.25, 0.3) is 34.4 Å². The second-order valence-corrected chi connectivity index (χ2v) is 42.0. The molecular formula is C45H54Hf. The molecule has 0 aromatic heterocycles. The molecule has 2 aliphatic carbocycles. The third-order valence-electron chi connectivity index (χ3n) is 11.7. The predicted molar refractivity (Wildman–Crippen MR) is 202 cm³/mol. The minimum absolute atomic E-state index is 0.466. The molecule has 0 fully saturated rings. The van der Waals surface area contributed by atoms with Gasteiger partial charge in [-0.05, 0) is 0 Å². The van der Waals surface area contributed by atoms with Gasteiger partial charge in [-0.3, -0.25) is 0 Å². The molecule has 0 radical (unpaired) electrons. The van der Waals surface area contributed by atoms with Gasteiger partial charge in [-0.25, -0.2) is 0 Å². The summed E-state index contributed by atoms with van der Waals surface area (Å²) in [5, 5.41) is 0. The fourth-order valence-corrected chi connectivity index (χ4v) is 35.2. The molecule has 0 heterocycles. The molecule has 0 N–H and O–H groups in total. The molecule has 1 heteroatoms. The third-order valence-corrected chi connectivity index (χ3v) is 38.6. The molecule has 4 aromatic rings. The Hall–Kier alpha value is -2.90. The predicted octanol–water partition coefficient (Wildman–Crippen LogP) is 13.1. The van der Waals surface area contributed by atoms with Crippen LogP contribution in [-0.2, 0) is 18.0 Å². The molecule has 4 aromatic carbocycles. The number of benzene rings is 4. The fraction of sp³-hybridized carbons (Fsp3) is 0.356. The summed E-state index contributed by atoms with van der Waals surface area (Å²) in [5.41, 5.74) is 17.1. The van der Waals surface area contributed by atoms with E-state index in [2.05, 4.69) is 162 Å². The summed E-state index contributed by atoms with van der Waals surface area (Å²) in [6.45, 7) is 18.8. The monoisotopic (exact) mass is 774 g/mol. The summed E-state index contributed by atoms with van der Waals surface area (Å²) in [6.07, 6.45) is 12.8. The van der Waals surface area contributed by atoms with Crippen molar-refractivity contribution in [2.75, 3.05) is 0 Å². The van der Waals surface area contributed by atoms with E-state index < -0.39 is 18.0 Å². The van der Waals surface area contributed by atoms with Crippen molar-refractivity contribution in [3.8, 4) is 22.3 Å². The van der Waals surface area contributed by atoms with Crippen LogP contribution in [0.1, 0.15) is 92.4 Å². The van der Waals surface area contributed by atoms with Crippen LogP contribution in [0.5, 0.6) is 0 Å². The molecule has 0 saturated heterocycles. The molecule has 238 valence electrons. The Bertz CT molecular complexity index is 1780. The molecule has 0 bridgehead atoms. The van der Waals surface area contributed by atoms with Gasteiger partial charge in [0.1, 0.15) is 0 Å². The van der Waals surface area contributed by atoms with E-state index in [1.165, 1.54) is 68.5 Å². The van der Waals surface area contributed by atoms with Crippen molar-refractivity contribution in [1.29, 1.82) is 0 Å². The van der Waals surface area contributed by atoms with Crippen LogP contribution in [0.4, 0.5) is 0 Å². The van der Waals surface area contributed by atoms with Gasteiger partial charge in [0.25, 0.3) is 0 Å². The Labute approximate surface area is 280 Å². The van der Waals surface area contributed by atoms with Crippen molar-refractivity contribution >= 4 is 15.4 Å². The molecule has 0 aliphatic heterocycles. The molecule has 0 saturated carbocycles. The van der Waals surface area contributed by atoms with Crippen molar-refractivity contribution in [2.24, 2.45) is 11.8 Å². The van der Waals surface area contributed by atoms with E-state index in [9.17, 15) is 0 Å². The Morgan fingerprint density at radius 3 is 1.24 bits per heavy atom. The van der Waals surface area contributed by atoms with Crippen LogP contribution in [0, 0.1) is 39.5 Å². The summed E-state index contributed by atoms with van der Waals surface area (Å²) in [5.74, 6) is 1.28. The van der Waals surface area contributed by atoms with Gasteiger partial charge in [-0.2, -0.15) is 0 Å². The Morgan fingerprint density at radius 2 is 0.891 bits per heavy atom. The maximum absolute atomic E-state index is 4.18. The van der Waals surface area contributed by atoms with Crippen molar-refractivity contribution in [2.45, 2.75) is 84.9 Å². The Kier molecular flexibility index (Phi) is 8.81. The van der Waals surface area contributed by atoms with Gasteiger partial charge in [0.15, 0.2) is 0 Å². The summed E-state index contributed by atoms with van der Waals surface area (Å²) in [4.78, 5) is 0. The zero-order valence-corrected chi connectivity index (χ0v) is 33.6. The van der Waals surface area contributed by atoms with E-state index >= 15 is 0 Å². The Balaban J connectivity index is 1.63. The number of allylic oxidation sites excluding steroid dienone is 2. The molecule has 0 spiro atoms. The van der Waals surface area contributed by atoms with E-state index in [0.717, 1.165) is 0 Å². The number of fused-ring (bicyclic) bond motifs is 2. The van der Waals surface area contributed by atoms with E-state index in [4.69, 9.17) is 0 Å². The van der Waals surface area contributed by atoms with Crippen molar-refractivity contribution < 1.29 is 18.0 Å². The number of hydrogen-bond acceptors (Lipinski definition) is 0. The molecule has 46 heavy (non-hydrogen) atoms. The topological polar surface area (TPSA) is 0 Å². The summed E-state index contributed by atoms with van der Waals surface area (Å²) in [7, 11) is 0. The van der Waals surface area contributed by atoms with Crippen LogP contribution < -0.4 is 0 Å². The van der Waals surface area contributed by atoms with E-state index in [0.29, 0.717) is 19.2 Å². The fourth-order valence-electron chi connectivity index (χ4n) is 9.48. The van der Waals surface area contributed by atoms with E-state index in [1.54, 1.807) is 11.1 Å². The van der Waals surface area contributed by atoms with Crippen molar-refractivity contribution in [3.05, 3.63) is 129 Å². The quantitative estimate of drug-likeness (QED) is 0.157. The molecule has 0 amide bonds. The standard InChI is InChI=1S/2C17H15.C9H18.2CH3.Hf/c2*1-12-6-3-7-13(2)17(12)16-11-5-9-14-8-4-10-15(14)16;1-8(2)6-5-7-9(3)4;;;/h2*3-11H,1-2H3;8-9H,6-7H2,1-4H3;2*1H3;. The average molecular weight is 773 g/mol. The molecule has 6 rings (SSSR count). The number of hydrogen-bond donors (Lipinski definition) is 0. The molecule has 2 unspecified atom stereocenters. The zero-order chi connectivity index (χ0) is 33.0. The van der Waals surface area contributed by atoms with Crippen LogP contribution in [-0.4, -0.2) is 3.26 Å². The van der Waals surface area contributed by atoms with Gasteiger partial charge in [0.2, 0.25) is 0 Å². The first-order chi connectivity index (χ1) is 21.8. The normalized spacial score (nSPS) is 17.2. The minimum atomic E-state index is -4.18. The van der Waals surface area contributed by atoms with Gasteiger partial charge in [0.05, 0.1) is 0 Å². The first kappa shape index (κ1) is 33.0. The molecule has 2 atom stereocenters. The van der Waals surface area contributed by atoms with Crippen LogP contribution in [0.3, 0.4) is 0 Å². The van der Waals surface area contributed by atoms with Gasteiger partial charge < -0.3 is 0 Å². The summed E-state index contributed by atoms with van der Waals surface area (Å²) < 4.78 is 8.55. The first-order valence-corrected chi connectivity index (χ1v) is 30.8. The summed E-state index contributed by atoms with van der Waals surface area (Å²) >= 11 is -4.18. The van der Waals surface area contributed by atoms with Crippen molar-refractivity contribution in [1.82, 2.24) is 0 Å². The molecule has 0 nitrogen and oxygen atoms in total. The maximum atomic E-state index is 2.85. The third kappa shape index (κ3) is 5.35. The number of rotatable bonds is 8. The zero-order valence-electron chi connectivity index (χ0n) is 30.0. The number of aryl methyl sites for hydroxylation is 4. The van der Waals surface area contributed by atoms with Crippen LogP contribution in [0.2, 0.25) is 9.36 Å². The SMILES string of the molecule is Cc1cccc(C)c1-c1cccc2c1C=C[CH]2[Hf]([CH3])([CH3])(=[C](CC(C)C)CC(C)C)[CH]1C=Cc2c(-c3c(C)cccc3C)cccc21. The Morgan fingerprint density at radius 1 is 0.543 bits per heavy atom. The van der Waals surface area contributed by atoms with Gasteiger partial charge in [-0.15, -0.1) is 0 Å². The van der Waals surface area contributed by atoms with Crippen LogP contribution in [0.15, 0.2) is 84.9 Å². The van der Waals surface area contributed by atoms with Crippen molar-refractivity contribution in [3.63, 3.8) is 0 Å². The van der Waals surface area contributed by atoms with Gasteiger partial charge >= 0.3 is 282 Å². The average Bonchev–Trinajstić information content (AvgIpc) is 3.63. The van der Waals surface area contributed by atoms with E-state index in [-0.39, 0.29) is 0 Å². The second-order valence-electron chi connectivity index (χ2n) is 16.2. The van der Waals surface area contributed by atoms with Crippen LogP contribution >= 0.6 is 0 Å². The molecular weight excluding hydrogens is 719 g/mol. The first-order valence-electron chi connectivity index (χ1n) is 17.6. The summed E-state index contributed by atoms with van der Waals surface area (Å²) in [6, 6.07) is 27.9. The van der Waals surface area contributed by atoms with E-state index in [1.807, 2.05) is 3.26 Å². The second kappa shape index (κ2) is 12.3. The van der Waals surface area contributed by atoms with Gasteiger partial charge in [-0.1, -0.05) is 0 Å². The molecule has 2 aliphatic rings.